The summed E-state index contributed by atoms with van der Waals surface area (Å²) in [7, 11) is 0. The highest BCUT2D eigenvalue weighted by molar-refractivity contribution is 5.22. The van der Waals surface area contributed by atoms with Gasteiger partial charge in [-0.1, -0.05) is 31.2 Å². The van der Waals surface area contributed by atoms with Crippen molar-refractivity contribution in [3.8, 4) is 0 Å². The highest BCUT2D eigenvalue weighted by Gasteiger charge is 2.23. The molecule has 112 valence electrons. The Bertz CT molecular complexity index is 390. The van der Waals surface area contributed by atoms with Crippen LogP contribution in [0.1, 0.15) is 38.3 Å². The first kappa shape index (κ1) is 15.5. The number of nitrogens with zero attached hydrogens (tertiary/aromatic N) is 1. The molecule has 0 saturated carbocycles. The molecule has 2 atom stereocenters. The third-order valence-corrected chi connectivity index (χ3v) is 3.90. The zero-order valence-corrected chi connectivity index (χ0v) is 13.1. The molecule has 1 heterocycles. The van der Waals surface area contributed by atoms with Crippen LogP contribution in [0.5, 0.6) is 0 Å². The van der Waals surface area contributed by atoms with E-state index >= 15 is 0 Å². The summed E-state index contributed by atoms with van der Waals surface area (Å²) in [5.41, 5.74) is 2.76. The Labute approximate surface area is 123 Å². The Kier molecular flexibility index (Phi) is 6.02. The summed E-state index contributed by atoms with van der Waals surface area (Å²) >= 11 is 0. The van der Waals surface area contributed by atoms with E-state index in [1.807, 2.05) is 0 Å². The van der Waals surface area contributed by atoms with Crippen molar-refractivity contribution in [1.82, 2.24) is 10.2 Å². The van der Waals surface area contributed by atoms with E-state index in [0.717, 1.165) is 32.8 Å². The standard InChI is InChI=1S/C17H28N2O/c1-4-9-18-10-16-5-7-17(8-6-16)12-19-11-15(3)20-13-14(19)2/h5-8,14-15,18H,4,9-13H2,1-3H3. The number of morpholine rings is 1. The van der Waals surface area contributed by atoms with Gasteiger partial charge >= 0.3 is 0 Å². The Morgan fingerprint density at radius 1 is 1.20 bits per heavy atom. The Balaban J connectivity index is 1.86. The number of ether oxygens (including phenoxy) is 1. The second kappa shape index (κ2) is 7.77. The fourth-order valence-electron chi connectivity index (χ4n) is 2.60. The van der Waals surface area contributed by atoms with E-state index in [9.17, 15) is 0 Å². The van der Waals surface area contributed by atoms with Crippen LogP contribution < -0.4 is 5.32 Å². The van der Waals surface area contributed by atoms with Crippen LogP contribution in [0.25, 0.3) is 0 Å². The lowest BCUT2D eigenvalue weighted by Crippen LogP contribution is -2.46. The van der Waals surface area contributed by atoms with Crippen molar-refractivity contribution in [3.63, 3.8) is 0 Å². The summed E-state index contributed by atoms with van der Waals surface area (Å²) in [5, 5.41) is 3.44. The van der Waals surface area contributed by atoms with Crippen LogP contribution in [0.4, 0.5) is 0 Å². The monoisotopic (exact) mass is 276 g/mol. The maximum absolute atomic E-state index is 5.68. The Hall–Kier alpha value is -0.900. The van der Waals surface area contributed by atoms with E-state index in [4.69, 9.17) is 4.74 Å². The van der Waals surface area contributed by atoms with Crippen molar-refractivity contribution >= 4 is 0 Å². The van der Waals surface area contributed by atoms with Gasteiger partial charge in [-0.25, -0.2) is 0 Å². The third-order valence-electron chi connectivity index (χ3n) is 3.90. The average Bonchev–Trinajstić information content (AvgIpc) is 2.45. The molecule has 3 nitrogen and oxygen atoms in total. The molecule has 0 aliphatic carbocycles. The van der Waals surface area contributed by atoms with E-state index in [2.05, 4.69) is 55.3 Å². The van der Waals surface area contributed by atoms with Crippen molar-refractivity contribution in [2.24, 2.45) is 0 Å². The first-order chi connectivity index (χ1) is 9.69. The smallest absolute Gasteiger partial charge is 0.0674 e. The minimum Gasteiger partial charge on any atom is -0.376 e. The number of rotatable bonds is 6. The summed E-state index contributed by atoms with van der Waals surface area (Å²) in [6.45, 7) is 11.6. The summed E-state index contributed by atoms with van der Waals surface area (Å²) in [5.74, 6) is 0. The van der Waals surface area contributed by atoms with Crippen LogP contribution >= 0.6 is 0 Å². The van der Waals surface area contributed by atoms with Gasteiger partial charge in [-0.2, -0.15) is 0 Å². The molecular weight excluding hydrogens is 248 g/mol. The predicted octanol–water partition coefficient (Wildman–Crippen LogP) is 2.80. The number of benzene rings is 1. The fourth-order valence-corrected chi connectivity index (χ4v) is 2.60. The molecule has 20 heavy (non-hydrogen) atoms. The molecule has 2 rings (SSSR count). The van der Waals surface area contributed by atoms with Gasteiger partial charge in [0.15, 0.2) is 0 Å². The summed E-state index contributed by atoms with van der Waals surface area (Å²) in [6.07, 6.45) is 1.54. The summed E-state index contributed by atoms with van der Waals surface area (Å²) < 4.78 is 5.68. The molecule has 0 radical (unpaired) electrons. The van der Waals surface area contributed by atoms with Crippen molar-refractivity contribution in [2.75, 3.05) is 19.7 Å². The molecule has 0 spiro atoms. The van der Waals surface area contributed by atoms with Crippen LogP contribution in [-0.2, 0) is 17.8 Å². The maximum atomic E-state index is 5.68. The molecular formula is C17H28N2O. The second-order valence-corrected chi connectivity index (χ2v) is 5.92. The highest BCUT2D eigenvalue weighted by Crippen LogP contribution is 2.15. The average molecular weight is 276 g/mol. The van der Waals surface area contributed by atoms with Crippen molar-refractivity contribution in [1.29, 1.82) is 0 Å². The highest BCUT2D eigenvalue weighted by atomic mass is 16.5. The molecule has 1 aromatic rings. The number of nitrogens with one attached hydrogen (secondary N) is 1. The minimum atomic E-state index is 0.351. The zero-order valence-electron chi connectivity index (χ0n) is 13.1. The van der Waals surface area contributed by atoms with Crippen LogP contribution in [0.15, 0.2) is 24.3 Å². The molecule has 3 heteroatoms. The molecule has 1 aromatic carbocycles. The maximum Gasteiger partial charge on any atom is 0.0674 e. The SMILES string of the molecule is CCCNCc1ccc(CN2CC(C)OCC2C)cc1. The number of hydrogen-bond donors (Lipinski definition) is 1. The van der Waals surface area contributed by atoms with Gasteiger partial charge in [0.05, 0.1) is 12.7 Å². The van der Waals surface area contributed by atoms with Gasteiger partial charge in [0.2, 0.25) is 0 Å². The summed E-state index contributed by atoms with van der Waals surface area (Å²) in [6, 6.07) is 9.52. The van der Waals surface area contributed by atoms with E-state index in [1.165, 1.54) is 17.5 Å². The normalized spacial score (nSPS) is 23.9. The second-order valence-electron chi connectivity index (χ2n) is 5.92. The molecule has 1 saturated heterocycles. The number of hydrogen-bond acceptors (Lipinski definition) is 3. The molecule has 1 aliphatic rings. The lowest BCUT2D eigenvalue weighted by molar-refractivity contribution is -0.0526. The lowest BCUT2D eigenvalue weighted by Gasteiger charge is -2.36. The fraction of sp³-hybridized carbons (Fsp3) is 0.647. The van der Waals surface area contributed by atoms with Crippen molar-refractivity contribution < 1.29 is 4.74 Å². The van der Waals surface area contributed by atoms with Gasteiger partial charge in [-0.15, -0.1) is 0 Å². The quantitative estimate of drug-likeness (QED) is 0.809. The molecule has 1 N–H and O–H groups in total. The van der Waals surface area contributed by atoms with E-state index in [-0.39, 0.29) is 0 Å². The van der Waals surface area contributed by atoms with Gasteiger partial charge in [0.1, 0.15) is 0 Å². The van der Waals surface area contributed by atoms with E-state index < -0.39 is 0 Å². The van der Waals surface area contributed by atoms with Crippen molar-refractivity contribution in [3.05, 3.63) is 35.4 Å². The molecule has 2 unspecified atom stereocenters. The molecule has 1 aliphatic heterocycles. The van der Waals surface area contributed by atoms with Gasteiger partial charge in [-0.3, -0.25) is 4.90 Å². The Morgan fingerprint density at radius 3 is 2.60 bits per heavy atom. The first-order valence-electron chi connectivity index (χ1n) is 7.83. The molecule has 0 bridgehead atoms. The summed E-state index contributed by atoms with van der Waals surface area (Å²) in [4.78, 5) is 2.51. The van der Waals surface area contributed by atoms with Crippen LogP contribution in [0.2, 0.25) is 0 Å². The topological polar surface area (TPSA) is 24.5 Å². The van der Waals surface area contributed by atoms with Crippen LogP contribution in [0.3, 0.4) is 0 Å². The van der Waals surface area contributed by atoms with E-state index in [0.29, 0.717) is 12.1 Å². The van der Waals surface area contributed by atoms with Crippen molar-refractivity contribution in [2.45, 2.75) is 52.4 Å². The Morgan fingerprint density at radius 2 is 1.90 bits per heavy atom. The minimum absolute atomic E-state index is 0.351. The lowest BCUT2D eigenvalue weighted by atomic mass is 10.1. The van der Waals surface area contributed by atoms with E-state index in [1.54, 1.807) is 0 Å². The largest absolute Gasteiger partial charge is 0.376 e. The van der Waals surface area contributed by atoms with Gasteiger partial charge in [0, 0.05) is 25.7 Å². The zero-order chi connectivity index (χ0) is 14.4. The predicted molar refractivity (Wildman–Crippen MR) is 83.7 cm³/mol. The van der Waals surface area contributed by atoms with Crippen LogP contribution in [0, 0.1) is 0 Å². The molecule has 0 aromatic heterocycles. The first-order valence-corrected chi connectivity index (χ1v) is 7.83. The van der Waals surface area contributed by atoms with Gasteiger partial charge < -0.3 is 10.1 Å². The molecule has 0 amide bonds. The third kappa shape index (κ3) is 4.58. The van der Waals surface area contributed by atoms with Crippen LogP contribution in [-0.4, -0.2) is 36.7 Å². The van der Waals surface area contributed by atoms with Gasteiger partial charge in [0.25, 0.3) is 0 Å². The molecule has 1 fully saturated rings. The van der Waals surface area contributed by atoms with Gasteiger partial charge in [-0.05, 0) is 37.9 Å².